The van der Waals surface area contributed by atoms with Crippen LogP contribution in [-0.4, -0.2) is 26.2 Å². The summed E-state index contributed by atoms with van der Waals surface area (Å²) in [7, 11) is -4.38. The predicted octanol–water partition coefficient (Wildman–Crippen LogP) is 4.12. The number of nitrogens with two attached hydrogens (primary N) is 1. The highest BCUT2D eigenvalue weighted by molar-refractivity contribution is 9.11. The Morgan fingerprint density at radius 2 is 1.81 bits per heavy atom. The molecule has 0 bridgehead atoms. The van der Waals surface area contributed by atoms with Gasteiger partial charge in [0.1, 0.15) is 11.5 Å². The van der Waals surface area contributed by atoms with Crippen LogP contribution in [0, 0.1) is 0 Å². The van der Waals surface area contributed by atoms with Crippen molar-refractivity contribution in [2.24, 2.45) is 5.16 Å². The molecule has 0 aliphatic rings. The highest BCUT2D eigenvalue weighted by Crippen LogP contribution is 2.33. The second-order valence-electron chi connectivity index (χ2n) is 6.22. The number of ether oxygens (including phenoxy) is 1. The number of unbranched alkanes of at least 4 members (excludes halogenated alkanes) is 1. The van der Waals surface area contributed by atoms with Gasteiger partial charge in [-0.1, -0.05) is 5.16 Å². The maximum absolute atomic E-state index is 11.8. The number of hydrogen-bond acceptors (Lipinski definition) is 8. The second kappa shape index (κ2) is 10.2. The van der Waals surface area contributed by atoms with Gasteiger partial charge in [0, 0.05) is 32.1 Å². The number of benzene rings is 2. The molecule has 0 spiro atoms. The van der Waals surface area contributed by atoms with E-state index in [1.54, 1.807) is 18.2 Å². The Hall–Kier alpha value is -2.57. The molecule has 1 aromatic heterocycles. The third kappa shape index (κ3) is 6.71. The Bertz CT molecular complexity index is 1250. The van der Waals surface area contributed by atoms with Crippen LogP contribution >= 0.6 is 31.9 Å². The summed E-state index contributed by atoms with van der Waals surface area (Å²) in [5.74, 6) is 0.667. The van der Waals surface area contributed by atoms with Gasteiger partial charge in [0.05, 0.1) is 12.3 Å². The standard InChI is InChI=1S/C19H17Br2N3O6S/c20-15-10-14(11-16(21)19(15)22)29-31(26,27)30-23-7-1-2-8-28-13-4-5-17-12(9-13)3-6-18(25)24-17/h3-7,9-11H,1-2,8,22H2,(H,24,25). The van der Waals surface area contributed by atoms with Crippen LogP contribution in [0.3, 0.4) is 0 Å². The molecule has 3 rings (SSSR count). The third-order valence-electron chi connectivity index (χ3n) is 3.90. The minimum absolute atomic E-state index is 0.0102. The fourth-order valence-electron chi connectivity index (χ4n) is 2.46. The van der Waals surface area contributed by atoms with Crippen LogP contribution in [0.25, 0.3) is 10.9 Å². The quantitative estimate of drug-likeness (QED) is 0.170. The number of anilines is 1. The first-order chi connectivity index (χ1) is 14.7. The topological polar surface area (TPSA) is 133 Å². The Labute approximate surface area is 194 Å². The number of halogens is 2. The summed E-state index contributed by atoms with van der Waals surface area (Å²) in [6.07, 6.45) is 2.31. The predicted molar refractivity (Wildman–Crippen MR) is 125 cm³/mol. The largest absolute Gasteiger partial charge is 0.521 e. The van der Waals surface area contributed by atoms with Crippen molar-refractivity contribution in [2.75, 3.05) is 12.3 Å². The highest BCUT2D eigenvalue weighted by Gasteiger charge is 2.16. The van der Waals surface area contributed by atoms with Gasteiger partial charge in [-0.25, -0.2) is 4.28 Å². The van der Waals surface area contributed by atoms with Gasteiger partial charge in [-0.05, 0) is 81.1 Å². The number of fused-ring (bicyclic) bond motifs is 1. The first kappa shape index (κ1) is 23.1. The van der Waals surface area contributed by atoms with Crippen molar-refractivity contribution >= 4 is 65.1 Å². The smallest absolute Gasteiger partial charge is 0.494 e. The molecule has 0 aliphatic carbocycles. The van der Waals surface area contributed by atoms with Gasteiger partial charge in [-0.3, -0.25) is 4.79 Å². The van der Waals surface area contributed by atoms with E-state index in [9.17, 15) is 13.2 Å². The van der Waals surface area contributed by atoms with Crippen molar-refractivity contribution in [1.29, 1.82) is 0 Å². The molecule has 0 atom stereocenters. The first-order valence-electron chi connectivity index (χ1n) is 8.89. The summed E-state index contributed by atoms with van der Waals surface area (Å²) in [5, 5.41) is 4.28. The van der Waals surface area contributed by atoms with Crippen molar-refractivity contribution < 1.29 is 21.6 Å². The normalized spacial score (nSPS) is 11.7. The molecule has 164 valence electrons. The fraction of sp³-hybridized carbons (Fsp3) is 0.158. The number of H-pyrrole nitrogens is 1. The van der Waals surface area contributed by atoms with E-state index in [-0.39, 0.29) is 11.3 Å². The molecule has 0 unspecified atom stereocenters. The maximum Gasteiger partial charge on any atom is 0.521 e. The van der Waals surface area contributed by atoms with E-state index >= 15 is 0 Å². The van der Waals surface area contributed by atoms with E-state index in [2.05, 4.69) is 46.3 Å². The van der Waals surface area contributed by atoms with E-state index < -0.39 is 10.4 Å². The highest BCUT2D eigenvalue weighted by atomic mass is 79.9. The minimum atomic E-state index is -4.38. The monoisotopic (exact) mass is 573 g/mol. The van der Waals surface area contributed by atoms with E-state index in [0.717, 1.165) is 10.9 Å². The van der Waals surface area contributed by atoms with Crippen LogP contribution in [0.1, 0.15) is 12.8 Å². The van der Waals surface area contributed by atoms with Crippen LogP contribution in [0.4, 0.5) is 5.69 Å². The van der Waals surface area contributed by atoms with Crippen molar-refractivity contribution in [1.82, 2.24) is 4.98 Å². The van der Waals surface area contributed by atoms with Gasteiger partial charge in [0.15, 0.2) is 0 Å². The summed E-state index contributed by atoms with van der Waals surface area (Å²) < 4.78 is 39.5. The van der Waals surface area contributed by atoms with Crippen molar-refractivity contribution in [3.63, 3.8) is 0 Å². The van der Waals surface area contributed by atoms with Crippen LogP contribution in [0.2, 0.25) is 0 Å². The van der Waals surface area contributed by atoms with Gasteiger partial charge in [-0.15, -0.1) is 8.42 Å². The van der Waals surface area contributed by atoms with Gasteiger partial charge >= 0.3 is 10.4 Å². The summed E-state index contributed by atoms with van der Waals surface area (Å²) in [4.78, 5) is 14.0. The number of hydrogen-bond donors (Lipinski definition) is 2. The second-order valence-corrected chi connectivity index (χ2v) is 9.06. The lowest BCUT2D eigenvalue weighted by Gasteiger charge is -2.07. The molecule has 2 aromatic carbocycles. The molecule has 0 saturated carbocycles. The van der Waals surface area contributed by atoms with Gasteiger partial charge < -0.3 is 19.6 Å². The number of nitrogens with zero attached hydrogens (tertiary/aromatic N) is 1. The Kier molecular flexibility index (Phi) is 7.57. The molecule has 12 heteroatoms. The van der Waals surface area contributed by atoms with Crippen LogP contribution in [-0.2, 0) is 14.7 Å². The molecule has 3 N–H and O–H groups in total. The van der Waals surface area contributed by atoms with Gasteiger partial charge in [-0.2, -0.15) is 0 Å². The maximum atomic E-state index is 11.8. The number of rotatable bonds is 9. The minimum Gasteiger partial charge on any atom is -0.494 e. The van der Waals surface area contributed by atoms with Crippen LogP contribution in [0.5, 0.6) is 11.5 Å². The number of oxime groups is 1. The molecular weight excluding hydrogens is 558 g/mol. The Balaban J connectivity index is 1.43. The SMILES string of the molecule is Nc1c(Br)cc(OS(=O)(=O)ON=CCCCOc2ccc3[nH]c(=O)ccc3c2)cc1Br. The van der Waals surface area contributed by atoms with E-state index in [1.807, 2.05) is 6.07 Å². The molecule has 0 radical (unpaired) electrons. The van der Waals surface area contributed by atoms with Crippen molar-refractivity contribution in [2.45, 2.75) is 12.8 Å². The molecule has 0 aliphatic heterocycles. The van der Waals surface area contributed by atoms with Crippen LogP contribution < -0.4 is 20.2 Å². The average molecular weight is 575 g/mol. The third-order valence-corrected chi connectivity index (χ3v) is 5.88. The summed E-state index contributed by atoms with van der Waals surface area (Å²) >= 11 is 6.40. The lowest BCUT2D eigenvalue weighted by molar-refractivity contribution is 0.287. The first-order valence-corrected chi connectivity index (χ1v) is 11.8. The Morgan fingerprint density at radius 3 is 2.55 bits per heavy atom. The molecule has 0 fully saturated rings. The average Bonchev–Trinajstić information content (AvgIpc) is 2.71. The van der Waals surface area contributed by atoms with Gasteiger partial charge in [0.25, 0.3) is 0 Å². The zero-order valence-electron chi connectivity index (χ0n) is 15.9. The summed E-state index contributed by atoms with van der Waals surface area (Å²) in [6, 6.07) is 11.3. The molecule has 3 aromatic rings. The van der Waals surface area contributed by atoms with E-state index in [1.165, 1.54) is 24.4 Å². The lowest BCUT2D eigenvalue weighted by Crippen LogP contribution is -2.10. The van der Waals surface area contributed by atoms with Gasteiger partial charge in [0.2, 0.25) is 5.56 Å². The molecule has 0 saturated heterocycles. The summed E-state index contributed by atoms with van der Waals surface area (Å²) in [6.45, 7) is 0.387. The molecule has 31 heavy (non-hydrogen) atoms. The molecule has 0 amide bonds. The van der Waals surface area contributed by atoms with Crippen LogP contribution in [0.15, 0.2) is 61.4 Å². The number of aromatic amines is 1. The molecule has 9 nitrogen and oxygen atoms in total. The fourth-order valence-corrected chi connectivity index (χ4v) is 4.14. The Morgan fingerprint density at radius 1 is 1.06 bits per heavy atom. The molecular formula is C19H17Br2N3O6S. The van der Waals surface area contributed by atoms with Crippen molar-refractivity contribution in [3.8, 4) is 11.5 Å². The van der Waals surface area contributed by atoms with E-state index in [4.69, 9.17) is 14.7 Å². The number of aromatic nitrogens is 1. The lowest BCUT2D eigenvalue weighted by atomic mass is 10.2. The zero-order valence-corrected chi connectivity index (χ0v) is 19.9. The number of pyridine rings is 1. The number of nitrogen functional groups attached to an aromatic ring is 1. The summed E-state index contributed by atoms with van der Waals surface area (Å²) in [5.41, 5.74) is 6.72. The van der Waals surface area contributed by atoms with Crippen molar-refractivity contribution in [3.05, 3.63) is 61.8 Å². The van der Waals surface area contributed by atoms with E-state index in [0.29, 0.717) is 39.8 Å². The molecule has 1 heterocycles. The zero-order chi connectivity index (χ0) is 22.4. The number of nitrogens with one attached hydrogen (secondary N) is 1.